The summed E-state index contributed by atoms with van der Waals surface area (Å²) >= 11 is 0. The number of carbonyl (C=O) groups is 3. The van der Waals surface area contributed by atoms with Crippen LogP contribution < -0.4 is 10.6 Å². The average molecular weight is 285 g/mol. The smallest absolute Gasteiger partial charge is 0.321 e. The van der Waals surface area contributed by atoms with Gasteiger partial charge in [0.15, 0.2) is 0 Å². The number of urea groups is 1. The van der Waals surface area contributed by atoms with E-state index < -0.39 is 12.1 Å². The van der Waals surface area contributed by atoms with Crippen LogP contribution in [0.4, 0.5) is 4.79 Å². The van der Waals surface area contributed by atoms with Gasteiger partial charge in [0.05, 0.1) is 18.6 Å². The Hall–Kier alpha value is -1.63. The summed E-state index contributed by atoms with van der Waals surface area (Å²) in [4.78, 5) is 36.7. The van der Waals surface area contributed by atoms with Crippen LogP contribution in [0, 0.1) is 5.92 Å². The van der Waals surface area contributed by atoms with Gasteiger partial charge in [0.25, 0.3) is 0 Å². The third kappa shape index (κ3) is 4.48. The molecule has 0 aromatic carbocycles. The number of imide groups is 1. The largest absolute Gasteiger partial charge is 0.466 e. The molecule has 2 atom stereocenters. The average Bonchev–Trinajstić information content (AvgIpc) is 2.46. The van der Waals surface area contributed by atoms with Crippen LogP contribution in [-0.2, 0) is 14.3 Å². The first-order chi connectivity index (χ1) is 9.49. The van der Waals surface area contributed by atoms with E-state index in [9.17, 15) is 14.4 Å². The summed E-state index contributed by atoms with van der Waals surface area (Å²) in [6.07, 6.45) is 1.61. The Labute approximate surface area is 119 Å². The van der Waals surface area contributed by atoms with Crippen molar-refractivity contribution in [3.05, 3.63) is 0 Å². The molecule has 7 heteroatoms. The zero-order valence-corrected chi connectivity index (χ0v) is 12.3. The number of carbonyl (C=O) groups excluding carboxylic acids is 3. The lowest BCUT2D eigenvalue weighted by Crippen LogP contribution is -2.52. The Morgan fingerprint density at radius 2 is 2.10 bits per heavy atom. The van der Waals surface area contributed by atoms with Gasteiger partial charge >= 0.3 is 12.0 Å². The lowest BCUT2D eigenvalue weighted by Gasteiger charge is -2.34. The third-order valence-corrected chi connectivity index (χ3v) is 3.46. The number of nitrogens with one attached hydrogen (secondary N) is 2. The Morgan fingerprint density at radius 1 is 1.40 bits per heavy atom. The molecule has 1 rings (SSSR count). The van der Waals surface area contributed by atoms with Crippen molar-refractivity contribution in [1.82, 2.24) is 15.5 Å². The third-order valence-electron chi connectivity index (χ3n) is 3.46. The lowest BCUT2D eigenvalue weighted by molar-refractivity contribution is -0.151. The number of amides is 3. The maximum absolute atomic E-state index is 11.9. The van der Waals surface area contributed by atoms with E-state index in [4.69, 9.17) is 4.74 Å². The van der Waals surface area contributed by atoms with Gasteiger partial charge in [0.1, 0.15) is 0 Å². The second-order valence-corrected chi connectivity index (χ2v) is 4.83. The number of rotatable bonds is 4. The van der Waals surface area contributed by atoms with Crippen LogP contribution in [0.25, 0.3) is 0 Å². The molecule has 1 aliphatic rings. The van der Waals surface area contributed by atoms with Crippen molar-refractivity contribution in [2.75, 3.05) is 26.7 Å². The molecule has 114 valence electrons. The maximum Gasteiger partial charge on any atom is 0.321 e. The van der Waals surface area contributed by atoms with Crippen LogP contribution in [0.5, 0.6) is 0 Å². The minimum absolute atomic E-state index is 0.195. The van der Waals surface area contributed by atoms with Crippen molar-refractivity contribution >= 4 is 17.9 Å². The minimum atomic E-state index is -0.527. The van der Waals surface area contributed by atoms with E-state index in [1.165, 1.54) is 7.05 Å². The molecule has 1 saturated heterocycles. The van der Waals surface area contributed by atoms with Gasteiger partial charge in [-0.2, -0.15) is 0 Å². The molecule has 3 amide bonds. The molecule has 7 nitrogen and oxygen atoms in total. The second kappa shape index (κ2) is 7.84. The Kier molecular flexibility index (Phi) is 6.44. The standard InChI is InChI=1S/C13H23N3O4/c1-4-20-12(18)10-6-5-7-16(8-10)9(2)11(17)15-13(19)14-3/h9-10H,4-8H2,1-3H3,(H2,14,15,17,19). The molecule has 0 radical (unpaired) electrons. The van der Waals surface area contributed by atoms with E-state index in [0.717, 1.165) is 19.4 Å². The van der Waals surface area contributed by atoms with Crippen LogP contribution in [0.15, 0.2) is 0 Å². The monoisotopic (exact) mass is 285 g/mol. The highest BCUT2D eigenvalue weighted by molar-refractivity contribution is 5.96. The van der Waals surface area contributed by atoms with Gasteiger partial charge in [-0.05, 0) is 33.2 Å². The van der Waals surface area contributed by atoms with Crippen molar-refractivity contribution < 1.29 is 19.1 Å². The molecule has 0 aromatic heterocycles. The number of nitrogens with zero attached hydrogens (tertiary/aromatic N) is 1. The van der Waals surface area contributed by atoms with E-state index in [1.807, 2.05) is 4.90 Å². The zero-order chi connectivity index (χ0) is 15.1. The lowest BCUT2D eigenvalue weighted by atomic mass is 9.97. The van der Waals surface area contributed by atoms with Gasteiger partial charge in [-0.25, -0.2) is 4.79 Å². The predicted octanol–water partition coefficient (Wildman–Crippen LogP) is 0.106. The molecule has 0 spiro atoms. The quantitative estimate of drug-likeness (QED) is 0.716. The fourth-order valence-electron chi connectivity index (χ4n) is 2.26. The Balaban J connectivity index is 2.55. The first-order valence-electron chi connectivity index (χ1n) is 6.92. The zero-order valence-electron chi connectivity index (χ0n) is 12.3. The first kappa shape index (κ1) is 16.4. The fourth-order valence-corrected chi connectivity index (χ4v) is 2.26. The van der Waals surface area contributed by atoms with Crippen molar-refractivity contribution in [3.63, 3.8) is 0 Å². The van der Waals surface area contributed by atoms with E-state index in [2.05, 4.69) is 10.6 Å². The molecule has 0 aromatic rings. The molecule has 2 N–H and O–H groups in total. The highest BCUT2D eigenvalue weighted by Crippen LogP contribution is 2.19. The summed E-state index contributed by atoms with van der Waals surface area (Å²) < 4.78 is 5.02. The summed E-state index contributed by atoms with van der Waals surface area (Å²) in [7, 11) is 1.45. The SMILES string of the molecule is CCOC(=O)C1CCCN(C(C)C(=O)NC(=O)NC)C1. The summed E-state index contributed by atoms with van der Waals surface area (Å²) in [5, 5.41) is 4.58. The predicted molar refractivity (Wildman–Crippen MR) is 73.0 cm³/mol. The highest BCUT2D eigenvalue weighted by atomic mass is 16.5. The van der Waals surface area contributed by atoms with E-state index >= 15 is 0 Å². The molecular formula is C13H23N3O4. The van der Waals surface area contributed by atoms with Gasteiger partial charge in [-0.3, -0.25) is 19.8 Å². The van der Waals surface area contributed by atoms with Crippen LogP contribution in [0.1, 0.15) is 26.7 Å². The molecular weight excluding hydrogens is 262 g/mol. The Morgan fingerprint density at radius 3 is 2.70 bits per heavy atom. The Bertz CT molecular complexity index is 373. The van der Waals surface area contributed by atoms with Crippen molar-refractivity contribution in [2.45, 2.75) is 32.7 Å². The van der Waals surface area contributed by atoms with Crippen molar-refractivity contribution in [3.8, 4) is 0 Å². The van der Waals surface area contributed by atoms with E-state index in [1.54, 1.807) is 13.8 Å². The molecule has 0 bridgehead atoms. The van der Waals surface area contributed by atoms with Crippen LogP contribution >= 0.6 is 0 Å². The number of ether oxygens (including phenoxy) is 1. The normalized spacial score (nSPS) is 20.9. The molecule has 1 aliphatic heterocycles. The van der Waals surface area contributed by atoms with Gasteiger partial charge in [-0.15, -0.1) is 0 Å². The topological polar surface area (TPSA) is 87.7 Å². The van der Waals surface area contributed by atoms with Gasteiger partial charge in [0, 0.05) is 13.6 Å². The van der Waals surface area contributed by atoms with E-state index in [0.29, 0.717) is 13.2 Å². The van der Waals surface area contributed by atoms with Gasteiger partial charge in [-0.1, -0.05) is 0 Å². The molecule has 2 unspecified atom stereocenters. The van der Waals surface area contributed by atoms with Crippen molar-refractivity contribution in [1.29, 1.82) is 0 Å². The van der Waals surface area contributed by atoms with E-state index in [-0.39, 0.29) is 17.8 Å². The maximum atomic E-state index is 11.9. The summed E-state index contributed by atoms with van der Waals surface area (Å²) in [6, 6.07) is -0.981. The van der Waals surface area contributed by atoms with Gasteiger partial charge in [0.2, 0.25) is 5.91 Å². The van der Waals surface area contributed by atoms with Crippen LogP contribution in [0.2, 0.25) is 0 Å². The number of hydrogen-bond acceptors (Lipinski definition) is 5. The molecule has 0 saturated carbocycles. The molecule has 20 heavy (non-hydrogen) atoms. The van der Waals surface area contributed by atoms with Crippen LogP contribution in [0.3, 0.4) is 0 Å². The highest BCUT2D eigenvalue weighted by Gasteiger charge is 2.31. The number of hydrogen-bond donors (Lipinski definition) is 2. The fraction of sp³-hybridized carbons (Fsp3) is 0.769. The summed E-state index contributed by atoms with van der Waals surface area (Å²) in [5.41, 5.74) is 0. The van der Waals surface area contributed by atoms with Crippen LogP contribution in [-0.4, -0.2) is 55.6 Å². The molecule has 0 aliphatic carbocycles. The second-order valence-electron chi connectivity index (χ2n) is 4.83. The van der Waals surface area contributed by atoms with Crippen molar-refractivity contribution in [2.24, 2.45) is 5.92 Å². The number of likely N-dealkylation sites (tertiary alicyclic amines) is 1. The number of esters is 1. The summed E-state index contributed by atoms with van der Waals surface area (Å²) in [5.74, 6) is -0.774. The minimum Gasteiger partial charge on any atom is -0.466 e. The first-order valence-corrected chi connectivity index (χ1v) is 6.92. The molecule has 1 fully saturated rings. The molecule has 1 heterocycles. The number of piperidine rings is 1. The summed E-state index contributed by atoms with van der Waals surface area (Å²) in [6.45, 7) is 5.09. The van der Waals surface area contributed by atoms with Gasteiger partial charge < -0.3 is 10.1 Å².